The number of halogens is 1. The highest BCUT2D eigenvalue weighted by molar-refractivity contribution is 6.30. The van der Waals surface area contributed by atoms with Crippen molar-refractivity contribution >= 4 is 17.4 Å². The molecule has 0 bridgehead atoms. The number of carbonyl (C=O) groups is 1. The molecule has 0 aliphatic heterocycles. The van der Waals surface area contributed by atoms with Gasteiger partial charge in [0.25, 0.3) is 0 Å². The van der Waals surface area contributed by atoms with E-state index in [1.165, 1.54) is 5.56 Å². The molecule has 0 unspecified atom stereocenters. The zero-order valence-electron chi connectivity index (χ0n) is 10.6. The van der Waals surface area contributed by atoms with E-state index in [1.54, 1.807) is 0 Å². The minimum atomic E-state index is 0.348. The Balaban J connectivity index is 2.29. The molecule has 3 heteroatoms. The standard InChI is InChI=1S/C14H20ClNO/c1-3-14(17)8-5-9-16(2)11-12-6-4-7-13(15)10-12/h4,6-7,10H,3,5,8-9,11H2,1-2H3. The van der Waals surface area contributed by atoms with Crippen molar-refractivity contribution in [1.29, 1.82) is 0 Å². The van der Waals surface area contributed by atoms with Crippen LogP contribution in [0.25, 0.3) is 0 Å². The normalized spacial score (nSPS) is 10.8. The molecule has 1 rings (SSSR count). The van der Waals surface area contributed by atoms with Gasteiger partial charge >= 0.3 is 0 Å². The maximum atomic E-state index is 11.2. The van der Waals surface area contributed by atoms with Gasteiger partial charge in [0.05, 0.1) is 0 Å². The molecule has 0 spiro atoms. The molecule has 0 radical (unpaired) electrons. The van der Waals surface area contributed by atoms with E-state index in [-0.39, 0.29) is 0 Å². The molecule has 0 heterocycles. The molecule has 0 aromatic heterocycles. The smallest absolute Gasteiger partial charge is 0.132 e. The SMILES string of the molecule is CCC(=O)CCCN(C)Cc1cccc(Cl)c1. The van der Waals surface area contributed by atoms with Crippen molar-refractivity contribution in [3.05, 3.63) is 34.9 Å². The second kappa shape index (κ2) is 7.46. The Morgan fingerprint density at radius 3 is 2.82 bits per heavy atom. The second-order valence-corrected chi connectivity index (χ2v) is 4.80. The van der Waals surface area contributed by atoms with Gasteiger partial charge in [-0.3, -0.25) is 4.79 Å². The monoisotopic (exact) mass is 253 g/mol. The molecule has 1 aromatic carbocycles. The summed E-state index contributed by atoms with van der Waals surface area (Å²) in [5, 5.41) is 0.775. The van der Waals surface area contributed by atoms with E-state index >= 15 is 0 Å². The molecule has 94 valence electrons. The average molecular weight is 254 g/mol. The molecular weight excluding hydrogens is 234 g/mol. The van der Waals surface area contributed by atoms with Gasteiger partial charge in [-0.2, -0.15) is 0 Å². The molecular formula is C14H20ClNO. The quantitative estimate of drug-likeness (QED) is 0.741. The van der Waals surface area contributed by atoms with E-state index in [0.29, 0.717) is 18.6 Å². The van der Waals surface area contributed by atoms with Crippen molar-refractivity contribution in [3.63, 3.8) is 0 Å². The summed E-state index contributed by atoms with van der Waals surface area (Å²) in [6.07, 6.45) is 2.28. The summed E-state index contributed by atoms with van der Waals surface area (Å²) in [4.78, 5) is 13.4. The third-order valence-electron chi connectivity index (χ3n) is 2.73. The summed E-state index contributed by atoms with van der Waals surface area (Å²) in [6, 6.07) is 7.89. The molecule has 0 aliphatic carbocycles. The number of hydrogen-bond donors (Lipinski definition) is 0. The summed E-state index contributed by atoms with van der Waals surface area (Å²) < 4.78 is 0. The first-order chi connectivity index (χ1) is 8.11. The summed E-state index contributed by atoms with van der Waals surface area (Å²) in [6.45, 7) is 3.73. The van der Waals surface area contributed by atoms with Crippen LogP contribution in [0.1, 0.15) is 31.7 Å². The van der Waals surface area contributed by atoms with E-state index in [9.17, 15) is 4.79 Å². The highest BCUT2D eigenvalue weighted by atomic mass is 35.5. The number of rotatable bonds is 7. The lowest BCUT2D eigenvalue weighted by molar-refractivity contribution is -0.118. The van der Waals surface area contributed by atoms with E-state index in [4.69, 9.17) is 11.6 Å². The lowest BCUT2D eigenvalue weighted by Crippen LogP contribution is -2.19. The maximum absolute atomic E-state index is 11.2. The number of hydrogen-bond acceptors (Lipinski definition) is 2. The zero-order chi connectivity index (χ0) is 12.7. The van der Waals surface area contributed by atoms with E-state index < -0.39 is 0 Å². The maximum Gasteiger partial charge on any atom is 0.132 e. The Kier molecular flexibility index (Phi) is 6.23. The highest BCUT2D eigenvalue weighted by Gasteiger charge is 2.03. The van der Waals surface area contributed by atoms with Crippen molar-refractivity contribution < 1.29 is 4.79 Å². The van der Waals surface area contributed by atoms with Crippen molar-refractivity contribution in [3.8, 4) is 0 Å². The fourth-order valence-electron chi connectivity index (χ4n) is 1.75. The van der Waals surface area contributed by atoms with Gasteiger partial charge in [0.2, 0.25) is 0 Å². The Morgan fingerprint density at radius 2 is 2.18 bits per heavy atom. The highest BCUT2D eigenvalue weighted by Crippen LogP contribution is 2.12. The van der Waals surface area contributed by atoms with Crippen LogP contribution < -0.4 is 0 Å². The Morgan fingerprint density at radius 1 is 1.41 bits per heavy atom. The average Bonchev–Trinajstić information content (AvgIpc) is 2.28. The third-order valence-corrected chi connectivity index (χ3v) is 2.97. The number of ketones is 1. The van der Waals surface area contributed by atoms with Gasteiger partial charge in [-0.05, 0) is 37.7 Å². The van der Waals surface area contributed by atoms with Gasteiger partial charge in [-0.25, -0.2) is 0 Å². The van der Waals surface area contributed by atoms with E-state index in [2.05, 4.69) is 18.0 Å². The minimum Gasteiger partial charge on any atom is -0.302 e. The van der Waals surface area contributed by atoms with Gasteiger partial charge < -0.3 is 4.90 Å². The molecule has 2 nitrogen and oxygen atoms in total. The van der Waals surface area contributed by atoms with Crippen molar-refractivity contribution in [2.45, 2.75) is 32.7 Å². The third kappa shape index (κ3) is 5.85. The van der Waals surface area contributed by atoms with Crippen LogP contribution in [0.2, 0.25) is 5.02 Å². The van der Waals surface area contributed by atoms with Crippen LogP contribution in [0.5, 0.6) is 0 Å². The van der Waals surface area contributed by atoms with Crippen molar-refractivity contribution in [1.82, 2.24) is 4.90 Å². The van der Waals surface area contributed by atoms with Gasteiger partial charge in [-0.15, -0.1) is 0 Å². The summed E-state index contributed by atoms with van der Waals surface area (Å²) in [7, 11) is 2.07. The fourth-order valence-corrected chi connectivity index (χ4v) is 1.96. The minimum absolute atomic E-state index is 0.348. The van der Waals surface area contributed by atoms with Crippen molar-refractivity contribution in [2.24, 2.45) is 0 Å². The second-order valence-electron chi connectivity index (χ2n) is 4.36. The van der Waals surface area contributed by atoms with Crippen LogP contribution in [-0.2, 0) is 11.3 Å². The number of Topliss-reactive ketones (excluding diaryl/α,β-unsaturated/α-hetero) is 1. The first-order valence-electron chi connectivity index (χ1n) is 6.06. The molecule has 0 saturated carbocycles. The summed E-state index contributed by atoms with van der Waals surface area (Å²) >= 11 is 5.93. The fraction of sp³-hybridized carbons (Fsp3) is 0.500. The number of nitrogens with zero attached hydrogens (tertiary/aromatic N) is 1. The Labute approximate surface area is 109 Å². The summed E-state index contributed by atoms with van der Waals surface area (Å²) in [5.41, 5.74) is 1.21. The molecule has 0 amide bonds. The van der Waals surface area contributed by atoms with E-state index in [0.717, 1.165) is 24.5 Å². The van der Waals surface area contributed by atoms with Gasteiger partial charge in [0.15, 0.2) is 0 Å². The molecule has 0 fully saturated rings. The van der Waals surface area contributed by atoms with Crippen LogP contribution >= 0.6 is 11.6 Å². The lowest BCUT2D eigenvalue weighted by atomic mass is 10.1. The van der Waals surface area contributed by atoms with Gasteiger partial charge in [0.1, 0.15) is 5.78 Å². The van der Waals surface area contributed by atoms with Gasteiger partial charge in [0, 0.05) is 24.4 Å². The topological polar surface area (TPSA) is 20.3 Å². The molecule has 1 aromatic rings. The lowest BCUT2D eigenvalue weighted by Gasteiger charge is -2.16. The summed E-state index contributed by atoms with van der Waals surface area (Å²) in [5.74, 6) is 0.348. The number of carbonyl (C=O) groups excluding carboxylic acids is 1. The Hall–Kier alpha value is -0.860. The van der Waals surface area contributed by atoms with Gasteiger partial charge in [-0.1, -0.05) is 30.7 Å². The predicted molar refractivity (Wildman–Crippen MR) is 72.3 cm³/mol. The van der Waals surface area contributed by atoms with E-state index in [1.807, 2.05) is 25.1 Å². The van der Waals surface area contributed by atoms with Crippen LogP contribution in [0, 0.1) is 0 Å². The molecule has 0 aliphatic rings. The van der Waals surface area contributed by atoms with Crippen LogP contribution in [0.4, 0.5) is 0 Å². The largest absolute Gasteiger partial charge is 0.302 e. The van der Waals surface area contributed by atoms with Crippen LogP contribution in [-0.4, -0.2) is 24.3 Å². The van der Waals surface area contributed by atoms with Crippen LogP contribution in [0.15, 0.2) is 24.3 Å². The molecule has 0 saturated heterocycles. The zero-order valence-corrected chi connectivity index (χ0v) is 11.3. The van der Waals surface area contributed by atoms with Crippen molar-refractivity contribution in [2.75, 3.05) is 13.6 Å². The Bertz CT molecular complexity index is 365. The van der Waals surface area contributed by atoms with Crippen LogP contribution in [0.3, 0.4) is 0 Å². The molecule has 0 atom stereocenters. The number of benzene rings is 1. The molecule has 0 N–H and O–H groups in total. The molecule has 17 heavy (non-hydrogen) atoms. The first-order valence-corrected chi connectivity index (χ1v) is 6.44. The predicted octanol–water partition coefficient (Wildman–Crippen LogP) is 3.53. The first kappa shape index (κ1) is 14.2.